The zero-order valence-electron chi connectivity index (χ0n) is 7.67. The highest BCUT2D eigenvalue weighted by molar-refractivity contribution is 5.91. The predicted molar refractivity (Wildman–Crippen MR) is 49.9 cm³/mol. The van der Waals surface area contributed by atoms with Crippen molar-refractivity contribution in [1.29, 1.82) is 0 Å². The minimum Gasteiger partial charge on any atom is -0.326 e. The van der Waals surface area contributed by atoms with Gasteiger partial charge in [-0.2, -0.15) is 0 Å². The van der Waals surface area contributed by atoms with Crippen molar-refractivity contribution in [1.82, 2.24) is 0 Å². The van der Waals surface area contributed by atoms with Gasteiger partial charge in [0.2, 0.25) is 5.91 Å². The molecular formula is C10H12FNO. The van der Waals surface area contributed by atoms with E-state index in [-0.39, 0.29) is 17.6 Å². The summed E-state index contributed by atoms with van der Waals surface area (Å²) in [5.41, 5.74) is 0.625. The van der Waals surface area contributed by atoms with Crippen LogP contribution in [-0.4, -0.2) is 5.91 Å². The number of benzene rings is 1. The van der Waals surface area contributed by atoms with Crippen molar-refractivity contribution < 1.29 is 9.18 Å². The van der Waals surface area contributed by atoms with E-state index in [4.69, 9.17) is 0 Å². The molecule has 0 saturated heterocycles. The maximum Gasteiger partial charge on any atom is 0.226 e. The largest absolute Gasteiger partial charge is 0.326 e. The van der Waals surface area contributed by atoms with E-state index in [1.807, 2.05) is 0 Å². The van der Waals surface area contributed by atoms with E-state index in [0.29, 0.717) is 5.69 Å². The lowest BCUT2D eigenvalue weighted by atomic mass is 10.2. The second-order valence-electron chi connectivity index (χ2n) is 3.15. The minimum atomic E-state index is -0.303. The molecule has 1 aromatic carbocycles. The summed E-state index contributed by atoms with van der Waals surface area (Å²) >= 11 is 0. The van der Waals surface area contributed by atoms with Gasteiger partial charge >= 0.3 is 0 Å². The Morgan fingerprint density at radius 2 is 1.85 bits per heavy atom. The van der Waals surface area contributed by atoms with Gasteiger partial charge in [-0.3, -0.25) is 4.79 Å². The van der Waals surface area contributed by atoms with Gasteiger partial charge in [0, 0.05) is 11.6 Å². The maximum atomic E-state index is 12.5. The van der Waals surface area contributed by atoms with Crippen molar-refractivity contribution in [3.8, 4) is 0 Å². The van der Waals surface area contributed by atoms with E-state index < -0.39 is 0 Å². The van der Waals surface area contributed by atoms with Gasteiger partial charge in [-0.25, -0.2) is 4.39 Å². The molecule has 0 fully saturated rings. The lowest BCUT2D eigenvalue weighted by molar-refractivity contribution is -0.118. The van der Waals surface area contributed by atoms with Crippen LogP contribution < -0.4 is 5.32 Å². The topological polar surface area (TPSA) is 29.1 Å². The average molecular weight is 181 g/mol. The van der Waals surface area contributed by atoms with Gasteiger partial charge in [-0.05, 0) is 24.3 Å². The van der Waals surface area contributed by atoms with Crippen molar-refractivity contribution in [2.75, 3.05) is 5.32 Å². The molecule has 13 heavy (non-hydrogen) atoms. The molecule has 1 rings (SSSR count). The molecule has 0 bridgehead atoms. The number of nitrogens with one attached hydrogen (secondary N) is 1. The Balaban J connectivity index is 2.65. The molecule has 0 unspecified atom stereocenters. The quantitative estimate of drug-likeness (QED) is 0.745. The maximum absolute atomic E-state index is 12.5. The van der Waals surface area contributed by atoms with Crippen LogP contribution in [0.15, 0.2) is 24.3 Å². The summed E-state index contributed by atoms with van der Waals surface area (Å²) in [5.74, 6) is -0.431. The predicted octanol–water partition coefficient (Wildman–Crippen LogP) is 2.42. The summed E-state index contributed by atoms with van der Waals surface area (Å²) in [6.45, 7) is 3.61. The van der Waals surface area contributed by atoms with Crippen LogP contribution in [0.25, 0.3) is 0 Å². The molecule has 0 aromatic heterocycles. The van der Waals surface area contributed by atoms with Crippen LogP contribution in [0.3, 0.4) is 0 Å². The molecule has 0 heterocycles. The van der Waals surface area contributed by atoms with Crippen molar-refractivity contribution in [3.63, 3.8) is 0 Å². The van der Waals surface area contributed by atoms with E-state index in [2.05, 4.69) is 5.32 Å². The minimum absolute atomic E-state index is 0.0633. The first-order valence-corrected chi connectivity index (χ1v) is 4.16. The second kappa shape index (κ2) is 4.03. The Labute approximate surface area is 76.8 Å². The molecule has 2 nitrogen and oxygen atoms in total. The Morgan fingerprint density at radius 3 is 2.31 bits per heavy atom. The van der Waals surface area contributed by atoms with E-state index in [1.165, 1.54) is 24.3 Å². The van der Waals surface area contributed by atoms with Gasteiger partial charge in [0.15, 0.2) is 0 Å². The van der Waals surface area contributed by atoms with Crippen LogP contribution >= 0.6 is 0 Å². The average Bonchev–Trinajstić information content (AvgIpc) is 2.08. The molecular weight excluding hydrogens is 169 g/mol. The number of carbonyl (C=O) groups is 1. The number of carbonyl (C=O) groups excluding carboxylic acids is 1. The SMILES string of the molecule is CC(C)C(=O)Nc1ccc(F)cc1. The van der Waals surface area contributed by atoms with Crippen LogP contribution in [0.2, 0.25) is 0 Å². The molecule has 0 atom stereocenters. The van der Waals surface area contributed by atoms with E-state index in [1.54, 1.807) is 13.8 Å². The Hall–Kier alpha value is -1.38. The number of amides is 1. The van der Waals surface area contributed by atoms with Crippen LogP contribution in [0.4, 0.5) is 10.1 Å². The first kappa shape index (κ1) is 9.71. The van der Waals surface area contributed by atoms with Crippen molar-refractivity contribution in [2.45, 2.75) is 13.8 Å². The van der Waals surface area contributed by atoms with Crippen molar-refractivity contribution in [3.05, 3.63) is 30.1 Å². The fraction of sp³-hybridized carbons (Fsp3) is 0.300. The smallest absolute Gasteiger partial charge is 0.226 e. The van der Waals surface area contributed by atoms with Gasteiger partial charge in [0.1, 0.15) is 5.82 Å². The fourth-order valence-electron chi connectivity index (χ4n) is 0.820. The fourth-order valence-corrected chi connectivity index (χ4v) is 0.820. The van der Waals surface area contributed by atoms with Crippen LogP contribution in [0.1, 0.15) is 13.8 Å². The molecule has 0 aliphatic carbocycles. The molecule has 1 amide bonds. The molecule has 0 saturated carbocycles. The Bertz CT molecular complexity index is 292. The standard InChI is InChI=1S/C10H12FNO/c1-7(2)10(13)12-9-5-3-8(11)4-6-9/h3-7H,1-2H3,(H,12,13). The highest BCUT2D eigenvalue weighted by Crippen LogP contribution is 2.09. The van der Waals surface area contributed by atoms with Gasteiger partial charge in [-0.15, -0.1) is 0 Å². The third kappa shape index (κ3) is 2.86. The summed E-state index contributed by atoms with van der Waals surface area (Å²) in [6, 6.07) is 5.71. The number of anilines is 1. The highest BCUT2D eigenvalue weighted by atomic mass is 19.1. The lowest BCUT2D eigenvalue weighted by Gasteiger charge is -2.06. The van der Waals surface area contributed by atoms with E-state index >= 15 is 0 Å². The number of hydrogen-bond donors (Lipinski definition) is 1. The van der Waals surface area contributed by atoms with Crippen molar-refractivity contribution in [2.24, 2.45) is 5.92 Å². The lowest BCUT2D eigenvalue weighted by Crippen LogP contribution is -2.17. The Morgan fingerprint density at radius 1 is 1.31 bits per heavy atom. The summed E-state index contributed by atoms with van der Waals surface area (Å²) in [4.78, 5) is 11.2. The molecule has 0 spiro atoms. The van der Waals surface area contributed by atoms with E-state index in [9.17, 15) is 9.18 Å². The molecule has 1 N–H and O–H groups in total. The zero-order valence-corrected chi connectivity index (χ0v) is 7.67. The first-order valence-electron chi connectivity index (χ1n) is 4.16. The Kier molecular flexibility index (Phi) is 3.01. The third-order valence-corrected chi connectivity index (χ3v) is 1.64. The summed E-state index contributed by atoms with van der Waals surface area (Å²) in [5, 5.41) is 2.66. The van der Waals surface area contributed by atoms with E-state index in [0.717, 1.165) is 0 Å². The summed E-state index contributed by atoms with van der Waals surface area (Å²) in [6.07, 6.45) is 0. The third-order valence-electron chi connectivity index (χ3n) is 1.64. The molecule has 0 aliphatic rings. The molecule has 0 radical (unpaired) electrons. The van der Waals surface area contributed by atoms with Crippen molar-refractivity contribution >= 4 is 11.6 Å². The van der Waals surface area contributed by atoms with Gasteiger partial charge in [-0.1, -0.05) is 13.8 Å². The van der Waals surface area contributed by atoms with Crippen LogP contribution in [-0.2, 0) is 4.79 Å². The van der Waals surface area contributed by atoms with Crippen LogP contribution in [0.5, 0.6) is 0 Å². The molecule has 70 valence electrons. The second-order valence-corrected chi connectivity index (χ2v) is 3.15. The highest BCUT2D eigenvalue weighted by Gasteiger charge is 2.06. The molecule has 3 heteroatoms. The molecule has 0 aliphatic heterocycles. The normalized spacial score (nSPS) is 10.2. The zero-order chi connectivity index (χ0) is 9.84. The monoisotopic (exact) mass is 181 g/mol. The summed E-state index contributed by atoms with van der Waals surface area (Å²) in [7, 11) is 0. The van der Waals surface area contributed by atoms with Gasteiger partial charge in [0.25, 0.3) is 0 Å². The van der Waals surface area contributed by atoms with Gasteiger partial charge < -0.3 is 5.32 Å². The van der Waals surface area contributed by atoms with Crippen LogP contribution in [0, 0.1) is 11.7 Å². The number of rotatable bonds is 2. The summed E-state index contributed by atoms with van der Waals surface area (Å²) < 4.78 is 12.5. The number of halogens is 1. The first-order chi connectivity index (χ1) is 6.09. The molecule has 1 aromatic rings. The number of hydrogen-bond acceptors (Lipinski definition) is 1. The van der Waals surface area contributed by atoms with Gasteiger partial charge in [0.05, 0.1) is 0 Å².